The van der Waals surface area contributed by atoms with Crippen LogP contribution in [0.3, 0.4) is 0 Å². The van der Waals surface area contributed by atoms with Gasteiger partial charge in [-0.15, -0.1) is 0 Å². The monoisotopic (exact) mass is 249 g/mol. The van der Waals surface area contributed by atoms with Crippen molar-refractivity contribution in [3.05, 3.63) is 29.3 Å². The predicted octanol–water partition coefficient (Wildman–Crippen LogP) is 3.62. The minimum absolute atomic E-state index is 0.533. The molecular formula is C13H16ClN3. The van der Waals surface area contributed by atoms with Crippen LogP contribution in [-0.2, 0) is 0 Å². The Bertz CT molecular complexity index is 541. The maximum absolute atomic E-state index is 6.18. The molecule has 3 rings (SSSR count). The number of fused-ring (bicyclic) bond motifs is 1. The van der Waals surface area contributed by atoms with Gasteiger partial charge in [0.1, 0.15) is 5.82 Å². The summed E-state index contributed by atoms with van der Waals surface area (Å²) in [5.41, 5.74) is 7.55. The Morgan fingerprint density at radius 3 is 2.76 bits per heavy atom. The first-order valence-electron chi connectivity index (χ1n) is 6.18. The highest BCUT2D eigenvalue weighted by Crippen LogP contribution is 2.34. The second-order valence-corrected chi connectivity index (χ2v) is 5.17. The molecule has 0 amide bonds. The maximum Gasteiger partial charge on any atom is 0.155 e. The maximum atomic E-state index is 6.18. The molecule has 2 heterocycles. The molecule has 1 saturated carbocycles. The summed E-state index contributed by atoms with van der Waals surface area (Å²) in [6.45, 7) is 0. The number of anilines is 1. The van der Waals surface area contributed by atoms with E-state index in [1.807, 2.05) is 18.3 Å². The molecule has 0 unspecified atom stereocenters. The highest BCUT2D eigenvalue weighted by atomic mass is 35.5. The molecule has 90 valence electrons. The largest absolute Gasteiger partial charge is 0.398 e. The summed E-state index contributed by atoms with van der Waals surface area (Å²) in [6, 6.07) is 3.81. The number of nitrogens with zero attached hydrogens (tertiary/aromatic N) is 2. The van der Waals surface area contributed by atoms with Crippen LogP contribution in [0, 0.1) is 0 Å². The quantitative estimate of drug-likeness (QED) is 0.839. The predicted molar refractivity (Wildman–Crippen MR) is 70.4 cm³/mol. The number of pyridine rings is 1. The van der Waals surface area contributed by atoms with E-state index in [-0.39, 0.29) is 0 Å². The number of nitrogen functional groups attached to an aromatic ring is 1. The summed E-state index contributed by atoms with van der Waals surface area (Å²) in [5.74, 6) is 1.61. The van der Waals surface area contributed by atoms with Gasteiger partial charge in [0, 0.05) is 17.8 Å². The van der Waals surface area contributed by atoms with E-state index < -0.39 is 0 Å². The molecule has 2 aromatic heterocycles. The topological polar surface area (TPSA) is 43.3 Å². The molecule has 17 heavy (non-hydrogen) atoms. The molecule has 3 nitrogen and oxygen atoms in total. The first kappa shape index (κ1) is 10.9. The third kappa shape index (κ3) is 1.89. The Morgan fingerprint density at radius 2 is 2.00 bits per heavy atom. The number of hydrogen-bond acceptors (Lipinski definition) is 2. The number of imidazole rings is 1. The van der Waals surface area contributed by atoms with Gasteiger partial charge in [-0.25, -0.2) is 4.98 Å². The van der Waals surface area contributed by atoms with Crippen LogP contribution in [0.4, 0.5) is 5.69 Å². The van der Waals surface area contributed by atoms with Crippen molar-refractivity contribution < 1.29 is 0 Å². The molecule has 1 aliphatic rings. The SMILES string of the molecule is Nc1ccc2c(Cl)nc(C3CCCCC3)n2c1. The zero-order valence-electron chi connectivity index (χ0n) is 9.69. The van der Waals surface area contributed by atoms with Crippen molar-refractivity contribution in [3.8, 4) is 0 Å². The average molecular weight is 250 g/mol. The van der Waals surface area contributed by atoms with Crippen LogP contribution in [0.15, 0.2) is 18.3 Å². The van der Waals surface area contributed by atoms with Gasteiger partial charge in [-0.2, -0.15) is 0 Å². The van der Waals surface area contributed by atoms with Gasteiger partial charge in [-0.3, -0.25) is 4.40 Å². The van der Waals surface area contributed by atoms with E-state index in [0.717, 1.165) is 17.0 Å². The van der Waals surface area contributed by atoms with Gasteiger partial charge >= 0.3 is 0 Å². The highest BCUT2D eigenvalue weighted by Gasteiger charge is 2.21. The molecule has 0 aliphatic heterocycles. The smallest absolute Gasteiger partial charge is 0.155 e. The summed E-state index contributed by atoms with van der Waals surface area (Å²) in [6.07, 6.45) is 8.28. The van der Waals surface area contributed by atoms with Crippen molar-refractivity contribution in [2.75, 3.05) is 5.73 Å². The summed E-state index contributed by atoms with van der Waals surface area (Å²) in [4.78, 5) is 4.53. The fourth-order valence-electron chi connectivity index (χ4n) is 2.74. The molecule has 0 saturated heterocycles. The fourth-order valence-corrected chi connectivity index (χ4v) is 2.98. The summed E-state index contributed by atoms with van der Waals surface area (Å²) in [7, 11) is 0. The van der Waals surface area contributed by atoms with Gasteiger partial charge in [0.15, 0.2) is 5.15 Å². The third-order valence-electron chi connectivity index (χ3n) is 3.61. The van der Waals surface area contributed by atoms with Gasteiger partial charge in [0.05, 0.1) is 5.52 Å². The molecule has 4 heteroatoms. The van der Waals surface area contributed by atoms with Gasteiger partial charge in [0.25, 0.3) is 0 Å². The third-order valence-corrected chi connectivity index (χ3v) is 3.89. The minimum Gasteiger partial charge on any atom is -0.398 e. The molecule has 1 fully saturated rings. The molecule has 0 radical (unpaired) electrons. The Balaban J connectivity index is 2.11. The van der Waals surface area contributed by atoms with Gasteiger partial charge < -0.3 is 5.73 Å². The normalized spacial score (nSPS) is 17.7. The second kappa shape index (κ2) is 4.22. The first-order chi connectivity index (χ1) is 8.25. The lowest BCUT2D eigenvalue weighted by Crippen LogP contribution is -2.08. The number of aromatic nitrogens is 2. The van der Waals surface area contributed by atoms with Crippen LogP contribution >= 0.6 is 11.6 Å². The molecule has 1 aliphatic carbocycles. The Labute approximate surface area is 106 Å². The van der Waals surface area contributed by atoms with Crippen molar-refractivity contribution in [3.63, 3.8) is 0 Å². The number of hydrogen-bond donors (Lipinski definition) is 1. The van der Waals surface area contributed by atoms with Crippen molar-refractivity contribution >= 4 is 22.8 Å². The number of nitrogens with two attached hydrogens (primary N) is 1. The van der Waals surface area contributed by atoms with E-state index in [9.17, 15) is 0 Å². The zero-order chi connectivity index (χ0) is 11.8. The lowest BCUT2D eigenvalue weighted by molar-refractivity contribution is 0.428. The van der Waals surface area contributed by atoms with Crippen LogP contribution in [0.5, 0.6) is 0 Å². The average Bonchev–Trinajstić information content (AvgIpc) is 2.67. The fraction of sp³-hybridized carbons (Fsp3) is 0.462. The standard InChI is InChI=1S/C13H16ClN3/c14-12-11-7-6-10(15)8-17(11)13(16-12)9-4-2-1-3-5-9/h6-9H,1-5,15H2. The van der Waals surface area contributed by atoms with Crippen molar-refractivity contribution in [1.82, 2.24) is 9.38 Å². The van der Waals surface area contributed by atoms with Crippen LogP contribution in [0.2, 0.25) is 5.15 Å². The van der Waals surface area contributed by atoms with Crippen LogP contribution in [0.1, 0.15) is 43.8 Å². The summed E-state index contributed by atoms with van der Waals surface area (Å²) >= 11 is 6.18. The molecule has 0 atom stereocenters. The van der Waals surface area contributed by atoms with Crippen molar-refractivity contribution in [1.29, 1.82) is 0 Å². The molecule has 2 N–H and O–H groups in total. The van der Waals surface area contributed by atoms with Crippen molar-refractivity contribution in [2.24, 2.45) is 0 Å². The van der Waals surface area contributed by atoms with E-state index in [1.54, 1.807) is 0 Å². The van der Waals surface area contributed by atoms with Crippen LogP contribution < -0.4 is 5.73 Å². The van der Waals surface area contributed by atoms with Gasteiger partial charge in [-0.1, -0.05) is 30.9 Å². The molecule has 0 bridgehead atoms. The van der Waals surface area contributed by atoms with Crippen LogP contribution in [-0.4, -0.2) is 9.38 Å². The molecule has 0 spiro atoms. The van der Waals surface area contributed by atoms with E-state index in [2.05, 4.69) is 9.38 Å². The van der Waals surface area contributed by atoms with Gasteiger partial charge in [0.2, 0.25) is 0 Å². The van der Waals surface area contributed by atoms with E-state index in [1.165, 1.54) is 32.1 Å². The molecule has 0 aromatic carbocycles. The zero-order valence-corrected chi connectivity index (χ0v) is 10.5. The summed E-state index contributed by atoms with van der Waals surface area (Å²) < 4.78 is 2.06. The first-order valence-corrected chi connectivity index (χ1v) is 6.56. The lowest BCUT2D eigenvalue weighted by atomic mass is 9.89. The number of rotatable bonds is 1. The Hall–Kier alpha value is -1.22. The lowest BCUT2D eigenvalue weighted by Gasteiger charge is -2.20. The second-order valence-electron chi connectivity index (χ2n) is 4.81. The van der Waals surface area contributed by atoms with E-state index in [4.69, 9.17) is 17.3 Å². The Morgan fingerprint density at radius 1 is 1.24 bits per heavy atom. The van der Waals surface area contributed by atoms with Gasteiger partial charge in [-0.05, 0) is 25.0 Å². The summed E-state index contributed by atoms with van der Waals surface area (Å²) in [5, 5.41) is 0.588. The van der Waals surface area contributed by atoms with E-state index >= 15 is 0 Å². The Kier molecular flexibility index (Phi) is 2.71. The van der Waals surface area contributed by atoms with Crippen LogP contribution in [0.25, 0.3) is 5.52 Å². The van der Waals surface area contributed by atoms with Crippen molar-refractivity contribution in [2.45, 2.75) is 38.0 Å². The molecular weight excluding hydrogens is 234 g/mol. The highest BCUT2D eigenvalue weighted by molar-refractivity contribution is 6.32. The molecule has 2 aromatic rings. The minimum atomic E-state index is 0.533. The number of halogens is 1. The van der Waals surface area contributed by atoms with E-state index in [0.29, 0.717) is 11.1 Å².